The second-order valence-corrected chi connectivity index (χ2v) is 2.24. The van der Waals surface area contributed by atoms with Crippen LogP contribution in [0.5, 0.6) is 0 Å². The van der Waals surface area contributed by atoms with Crippen molar-refractivity contribution in [1.82, 2.24) is 0 Å². The van der Waals surface area contributed by atoms with E-state index in [1.54, 1.807) is 0 Å². The fourth-order valence-electron chi connectivity index (χ4n) is 0. The molecule has 0 spiro atoms. The van der Waals surface area contributed by atoms with E-state index in [1.165, 1.54) is 6.92 Å². The Morgan fingerprint density at radius 1 is 1.40 bits per heavy atom. The molecule has 0 heterocycles. The van der Waals surface area contributed by atoms with Crippen LogP contribution in [0.2, 0.25) is 0 Å². The van der Waals surface area contributed by atoms with Crippen LogP contribution in [-0.4, -0.2) is 20.5 Å². The largest absolute Gasteiger partial charge is 1.00 e. The number of Topliss-reactive ketones (excluding diaryl/α,β-unsaturated/α-hetero) is 1. The van der Waals surface area contributed by atoms with Gasteiger partial charge in [0.25, 0.3) is 0 Å². The maximum absolute atomic E-state index is 9.33. The van der Waals surface area contributed by atoms with Crippen LogP contribution in [0, 0.1) is 6.92 Å². The van der Waals surface area contributed by atoms with Gasteiger partial charge in [0, 0.05) is 0 Å². The third-order valence-corrected chi connectivity index (χ3v) is 0. The van der Waals surface area contributed by atoms with Crippen LogP contribution in [0.4, 0.5) is 0 Å². The Bertz CT molecular complexity index is 117. The summed E-state index contributed by atoms with van der Waals surface area (Å²) < 4.78 is 8.88. The molecule has 0 rings (SSSR count). The molecular weight excluding hydrogens is 170 g/mol. The number of phosphoric acid groups is 1. The van der Waals surface area contributed by atoms with Crippen LogP contribution in [0.1, 0.15) is 6.92 Å². The van der Waals surface area contributed by atoms with Crippen molar-refractivity contribution in [2.24, 2.45) is 0 Å². The van der Waals surface area contributed by atoms with E-state index in [0.29, 0.717) is 0 Å². The average Bonchev–Trinajstić information content (AvgIpc) is 1.19. The number of carbonyl (C=O) groups is 1. The summed E-state index contributed by atoms with van der Waals surface area (Å²) in [6.45, 7) is 4.42. The molecule has 10 heavy (non-hydrogen) atoms. The van der Waals surface area contributed by atoms with Gasteiger partial charge in [0.2, 0.25) is 0 Å². The first-order valence-corrected chi connectivity index (χ1v) is 3.41. The van der Waals surface area contributed by atoms with Crippen molar-refractivity contribution in [3.05, 3.63) is 6.92 Å². The molecule has 56 valence electrons. The topological polar surface area (TPSA) is 94.8 Å². The number of hydrogen-bond donors (Lipinski definition) is 3. The van der Waals surface area contributed by atoms with Crippen LogP contribution in [0.25, 0.3) is 0 Å². The smallest absolute Gasteiger partial charge is 0.340 e. The first-order chi connectivity index (χ1) is 3.73. The van der Waals surface area contributed by atoms with Crippen molar-refractivity contribution in [3.8, 4) is 0 Å². The predicted molar refractivity (Wildman–Crippen MR) is 30.3 cm³/mol. The van der Waals surface area contributed by atoms with Gasteiger partial charge in [-0.2, -0.15) is 0 Å². The van der Waals surface area contributed by atoms with E-state index in [2.05, 4.69) is 6.92 Å². The van der Waals surface area contributed by atoms with Gasteiger partial charge in [-0.1, -0.05) is 0 Å². The van der Waals surface area contributed by atoms with E-state index < -0.39 is 7.82 Å². The molecule has 0 amide bonds. The zero-order valence-corrected chi connectivity index (χ0v) is 8.71. The summed E-state index contributed by atoms with van der Waals surface area (Å²) in [4.78, 5) is 30.9. The van der Waals surface area contributed by atoms with E-state index in [4.69, 9.17) is 19.2 Å². The molecule has 0 radical (unpaired) electrons. The molecular formula is C3H8NaO5P. The first-order valence-electron chi connectivity index (χ1n) is 1.84. The van der Waals surface area contributed by atoms with Gasteiger partial charge in [0.15, 0.2) is 0 Å². The van der Waals surface area contributed by atoms with Crippen LogP contribution in [0.15, 0.2) is 0 Å². The number of carbonyl (C=O) groups excluding carboxylic acids is 1. The number of ketones is 1. The van der Waals surface area contributed by atoms with Crippen molar-refractivity contribution in [2.75, 3.05) is 0 Å². The standard InChI is InChI=1S/C3H5O.Na.H3O4P/c1-3(2)4;;1-5(2,3)4/h1H2,2H3;;(H3,1,2,3,4)/q-1;+1;. The molecule has 0 saturated carbocycles. The van der Waals surface area contributed by atoms with Gasteiger partial charge >= 0.3 is 37.4 Å². The van der Waals surface area contributed by atoms with Gasteiger partial charge in [0.05, 0.1) is 0 Å². The van der Waals surface area contributed by atoms with Crippen molar-refractivity contribution >= 4 is 13.6 Å². The Balaban J connectivity index is -0.0000000910. The number of rotatable bonds is 0. The first kappa shape index (κ1) is 16.9. The van der Waals surface area contributed by atoms with Gasteiger partial charge in [-0.25, -0.2) is 4.57 Å². The third kappa shape index (κ3) is 1200. The maximum Gasteiger partial charge on any atom is 1.00 e. The summed E-state index contributed by atoms with van der Waals surface area (Å²) in [7, 11) is -4.64. The van der Waals surface area contributed by atoms with Crippen LogP contribution in [0.3, 0.4) is 0 Å². The van der Waals surface area contributed by atoms with E-state index in [0.717, 1.165) is 0 Å². The molecule has 5 nitrogen and oxygen atoms in total. The van der Waals surface area contributed by atoms with Crippen LogP contribution in [-0.2, 0) is 9.36 Å². The Hall–Kier alpha value is 0.650. The van der Waals surface area contributed by atoms with Crippen LogP contribution < -0.4 is 29.6 Å². The quantitative estimate of drug-likeness (QED) is 0.203. The van der Waals surface area contributed by atoms with E-state index in [-0.39, 0.29) is 35.3 Å². The Labute approximate surface area is 81.0 Å². The fraction of sp³-hybridized carbons (Fsp3) is 0.333. The van der Waals surface area contributed by atoms with Gasteiger partial charge in [0.1, 0.15) is 0 Å². The Morgan fingerprint density at radius 2 is 1.40 bits per heavy atom. The SMILES string of the molecule is O=P(O)(O)O.[CH2-]C(C)=O.[Na+]. The normalized spacial score (nSPS) is 8.40. The van der Waals surface area contributed by atoms with Gasteiger partial charge < -0.3 is 26.4 Å². The second kappa shape index (κ2) is 7.75. The van der Waals surface area contributed by atoms with Crippen molar-refractivity contribution in [3.63, 3.8) is 0 Å². The van der Waals surface area contributed by atoms with Crippen LogP contribution >= 0.6 is 7.82 Å². The summed E-state index contributed by atoms with van der Waals surface area (Å²) in [6, 6.07) is 0. The minimum Gasteiger partial charge on any atom is -0.340 e. The molecule has 3 N–H and O–H groups in total. The predicted octanol–water partition coefficient (Wildman–Crippen LogP) is -3.52. The zero-order valence-electron chi connectivity index (χ0n) is 5.81. The third-order valence-electron chi connectivity index (χ3n) is 0. The van der Waals surface area contributed by atoms with Crippen molar-refractivity contribution < 1.29 is 53.6 Å². The fourth-order valence-corrected chi connectivity index (χ4v) is 0. The minimum absolute atomic E-state index is 0. The molecule has 0 saturated heterocycles. The van der Waals surface area contributed by atoms with E-state index >= 15 is 0 Å². The summed E-state index contributed by atoms with van der Waals surface area (Å²) in [5, 5.41) is 0. The molecule has 0 aliphatic carbocycles. The molecule has 7 heteroatoms. The summed E-state index contributed by atoms with van der Waals surface area (Å²) >= 11 is 0. The Morgan fingerprint density at radius 3 is 1.40 bits per heavy atom. The number of hydrogen-bond acceptors (Lipinski definition) is 2. The molecule has 0 aromatic rings. The summed E-state index contributed by atoms with van der Waals surface area (Å²) in [5.41, 5.74) is 0. The molecule has 0 aromatic heterocycles. The van der Waals surface area contributed by atoms with Gasteiger partial charge in [-0.05, 0) is 12.7 Å². The average molecular weight is 178 g/mol. The van der Waals surface area contributed by atoms with Gasteiger partial charge in [-0.15, -0.1) is 0 Å². The molecule has 0 unspecified atom stereocenters. The Kier molecular flexibility index (Phi) is 13.1. The molecule has 0 atom stereocenters. The van der Waals surface area contributed by atoms with Crippen molar-refractivity contribution in [2.45, 2.75) is 6.92 Å². The van der Waals surface area contributed by atoms with Gasteiger partial charge in [-0.3, -0.25) is 0 Å². The monoisotopic (exact) mass is 178 g/mol. The van der Waals surface area contributed by atoms with Crippen molar-refractivity contribution in [1.29, 1.82) is 0 Å². The maximum atomic E-state index is 9.33. The molecule has 0 aromatic carbocycles. The molecule has 0 bridgehead atoms. The zero-order chi connectivity index (χ0) is 8.08. The molecule has 0 aliphatic heterocycles. The summed E-state index contributed by atoms with van der Waals surface area (Å²) in [6.07, 6.45) is 0. The second-order valence-electron chi connectivity index (χ2n) is 1.22. The minimum atomic E-state index is -4.64. The summed E-state index contributed by atoms with van der Waals surface area (Å²) in [5.74, 6) is -0.0833. The van der Waals surface area contributed by atoms with E-state index in [9.17, 15) is 4.79 Å². The van der Waals surface area contributed by atoms with E-state index in [1.807, 2.05) is 0 Å². The molecule has 0 aliphatic rings. The molecule has 0 fully saturated rings.